The van der Waals surface area contributed by atoms with Crippen LogP contribution < -0.4 is 5.32 Å². The SMILES string of the molecule is COC(=O)CC(O)CNCCC1CCC1. The van der Waals surface area contributed by atoms with Crippen LogP contribution in [0.4, 0.5) is 0 Å². The third-order valence-corrected chi connectivity index (χ3v) is 2.96. The van der Waals surface area contributed by atoms with Crippen molar-refractivity contribution in [3.63, 3.8) is 0 Å². The highest BCUT2D eigenvalue weighted by molar-refractivity contribution is 5.69. The quantitative estimate of drug-likeness (QED) is 0.484. The maximum absolute atomic E-state index is 10.8. The van der Waals surface area contributed by atoms with Gasteiger partial charge in [-0.2, -0.15) is 0 Å². The molecule has 0 saturated heterocycles. The van der Waals surface area contributed by atoms with E-state index < -0.39 is 6.10 Å². The number of carbonyl (C=O) groups excluding carboxylic acids is 1. The van der Waals surface area contributed by atoms with Crippen LogP contribution in [0.2, 0.25) is 0 Å². The van der Waals surface area contributed by atoms with Crippen LogP contribution >= 0.6 is 0 Å². The van der Waals surface area contributed by atoms with Crippen molar-refractivity contribution >= 4 is 5.97 Å². The highest BCUT2D eigenvalue weighted by atomic mass is 16.5. The van der Waals surface area contributed by atoms with Crippen LogP contribution in [0.5, 0.6) is 0 Å². The van der Waals surface area contributed by atoms with Crippen LogP contribution in [0.1, 0.15) is 32.1 Å². The van der Waals surface area contributed by atoms with Gasteiger partial charge in [0.1, 0.15) is 0 Å². The number of aliphatic hydroxyl groups is 1. The zero-order valence-electron chi connectivity index (χ0n) is 9.37. The van der Waals surface area contributed by atoms with Crippen LogP contribution in [0.3, 0.4) is 0 Å². The van der Waals surface area contributed by atoms with Crippen LogP contribution in [-0.2, 0) is 9.53 Å². The van der Waals surface area contributed by atoms with E-state index in [0.29, 0.717) is 6.54 Å². The summed E-state index contributed by atoms with van der Waals surface area (Å²) in [5.74, 6) is 0.526. The molecule has 1 unspecified atom stereocenters. The number of nitrogens with one attached hydrogen (secondary N) is 1. The summed E-state index contributed by atoms with van der Waals surface area (Å²) >= 11 is 0. The third-order valence-electron chi connectivity index (χ3n) is 2.96. The molecule has 4 heteroatoms. The number of methoxy groups -OCH3 is 1. The minimum atomic E-state index is -0.626. The predicted octanol–water partition coefficient (Wildman–Crippen LogP) is 0.690. The van der Waals surface area contributed by atoms with E-state index in [2.05, 4.69) is 10.1 Å². The van der Waals surface area contributed by atoms with Crippen molar-refractivity contribution in [1.82, 2.24) is 5.32 Å². The Kier molecular flexibility index (Phi) is 5.65. The van der Waals surface area contributed by atoms with Crippen LogP contribution in [0.25, 0.3) is 0 Å². The molecule has 88 valence electrons. The Morgan fingerprint density at radius 1 is 1.60 bits per heavy atom. The van der Waals surface area contributed by atoms with Gasteiger partial charge < -0.3 is 15.2 Å². The molecular formula is C11H21NO3. The van der Waals surface area contributed by atoms with Gasteiger partial charge in [-0.05, 0) is 18.9 Å². The summed E-state index contributed by atoms with van der Waals surface area (Å²) in [6.07, 6.45) is 4.71. The van der Waals surface area contributed by atoms with Crippen molar-refractivity contribution in [2.24, 2.45) is 5.92 Å². The molecule has 0 aromatic rings. The Balaban J connectivity index is 1.91. The van der Waals surface area contributed by atoms with Crippen LogP contribution in [0, 0.1) is 5.92 Å². The van der Waals surface area contributed by atoms with E-state index in [1.165, 1.54) is 32.8 Å². The Morgan fingerprint density at radius 3 is 2.87 bits per heavy atom. The van der Waals surface area contributed by atoms with E-state index in [4.69, 9.17) is 0 Å². The van der Waals surface area contributed by atoms with Gasteiger partial charge in [-0.25, -0.2) is 0 Å². The fraction of sp³-hybridized carbons (Fsp3) is 0.909. The second-order valence-electron chi connectivity index (χ2n) is 4.22. The average Bonchev–Trinajstić information content (AvgIpc) is 2.14. The molecule has 1 fully saturated rings. The lowest BCUT2D eigenvalue weighted by atomic mass is 9.83. The monoisotopic (exact) mass is 215 g/mol. The van der Waals surface area contributed by atoms with E-state index in [0.717, 1.165) is 12.5 Å². The summed E-state index contributed by atoms with van der Waals surface area (Å²) in [4.78, 5) is 10.8. The first-order chi connectivity index (χ1) is 7.22. The highest BCUT2D eigenvalue weighted by Gasteiger charge is 2.16. The molecule has 0 heterocycles. The maximum atomic E-state index is 10.8. The minimum absolute atomic E-state index is 0.0763. The molecule has 0 aliphatic heterocycles. The molecule has 15 heavy (non-hydrogen) atoms. The smallest absolute Gasteiger partial charge is 0.308 e. The van der Waals surface area contributed by atoms with Gasteiger partial charge >= 0.3 is 5.97 Å². The molecule has 0 aromatic carbocycles. The van der Waals surface area contributed by atoms with E-state index in [1.807, 2.05) is 0 Å². The molecular weight excluding hydrogens is 194 g/mol. The molecule has 1 atom stereocenters. The number of ether oxygens (including phenoxy) is 1. The van der Waals surface area contributed by atoms with Crippen LogP contribution in [0.15, 0.2) is 0 Å². The first kappa shape index (κ1) is 12.5. The molecule has 1 rings (SSSR count). The van der Waals surface area contributed by atoms with Crippen molar-refractivity contribution in [2.75, 3.05) is 20.2 Å². The standard InChI is InChI=1S/C11H21NO3/c1-15-11(14)7-10(13)8-12-6-5-9-3-2-4-9/h9-10,12-13H,2-8H2,1H3. The normalized spacial score (nSPS) is 18.3. The minimum Gasteiger partial charge on any atom is -0.469 e. The van der Waals surface area contributed by atoms with Crippen molar-refractivity contribution in [2.45, 2.75) is 38.2 Å². The molecule has 0 amide bonds. The van der Waals surface area contributed by atoms with E-state index in [-0.39, 0.29) is 12.4 Å². The van der Waals surface area contributed by atoms with Gasteiger partial charge in [-0.15, -0.1) is 0 Å². The number of hydrogen-bond acceptors (Lipinski definition) is 4. The van der Waals surface area contributed by atoms with Crippen molar-refractivity contribution < 1.29 is 14.6 Å². The average molecular weight is 215 g/mol. The molecule has 0 bridgehead atoms. The molecule has 2 N–H and O–H groups in total. The summed E-state index contributed by atoms with van der Waals surface area (Å²) in [5, 5.41) is 12.6. The van der Waals surface area contributed by atoms with Gasteiger partial charge in [0.05, 0.1) is 19.6 Å². The fourth-order valence-electron chi connectivity index (χ4n) is 1.70. The zero-order valence-corrected chi connectivity index (χ0v) is 9.37. The first-order valence-electron chi connectivity index (χ1n) is 5.68. The maximum Gasteiger partial charge on any atom is 0.308 e. The van der Waals surface area contributed by atoms with E-state index in [9.17, 15) is 9.90 Å². The van der Waals surface area contributed by atoms with Gasteiger partial charge in [0.2, 0.25) is 0 Å². The Hall–Kier alpha value is -0.610. The second kappa shape index (κ2) is 6.80. The summed E-state index contributed by atoms with van der Waals surface area (Å²) in [7, 11) is 1.33. The topological polar surface area (TPSA) is 58.6 Å². The van der Waals surface area contributed by atoms with Crippen LogP contribution in [-0.4, -0.2) is 37.4 Å². The van der Waals surface area contributed by atoms with Gasteiger partial charge in [0.15, 0.2) is 0 Å². The zero-order chi connectivity index (χ0) is 11.1. The molecule has 1 saturated carbocycles. The number of hydrogen-bond donors (Lipinski definition) is 2. The summed E-state index contributed by atoms with van der Waals surface area (Å²) < 4.78 is 4.47. The summed E-state index contributed by atoms with van der Waals surface area (Å²) in [6.45, 7) is 1.41. The first-order valence-corrected chi connectivity index (χ1v) is 5.68. The van der Waals surface area contributed by atoms with Gasteiger partial charge in [-0.3, -0.25) is 4.79 Å². The van der Waals surface area contributed by atoms with Gasteiger partial charge in [0.25, 0.3) is 0 Å². The number of esters is 1. The fourth-order valence-corrected chi connectivity index (χ4v) is 1.70. The van der Waals surface area contributed by atoms with Crippen molar-refractivity contribution in [3.8, 4) is 0 Å². The largest absolute Gasteiger partial charge is 0.469 e. The number of carbonyl (C=O) groups is 1. The molecule has 0 spiro atoms. The molecule has 4 nitrogen and oxygen atoms in total. The van der Waals surface area contributed by atoms with Gasteiger partial charge in [0, 0.05) is 6.54 Å². The Morgan fingerprint density at radius 2 is 2.33 bits per heavy atom. The highest BCUT2D eigenvalue weighted by Crippen LogP contribution is 2.28. The predicted molar refractivity (Wildman–Crippen MR) is 57.5 cm³/mol. The Labute approximate surface area is 91.0 Å². The molecule has 1 aliphatic rings. The van der Waals surface area contributed by atoms with Crippen molar-refractivity contribution in [3.05, 3.63) is 0 Å². The van der Waals surface area contributed by atoms with Gasteiger partial charge in [-0.1, -0.05) is 19.3 Å². The van der Waals surface area contributed by atoms with E-state index in [1.54, 1.807) is 0 Å². The second-order valence-corrected chi connectivity index (χ2v) is 4.22. The Bertz CT molecular complexity index is 192. The lowest BCUT2D eigenvalue weighted by Crippen LogP contribution is -2.31. The summed E-state index contributed by atoms with van der Waals surface area (Å²) in [6, 6.07) is 0. The molecule has 1 aliphatic carbocycles. The lowest BCUT2D eigenvalue weighted by Gasteiger charge is -2.25. The lowest BCUT2D eigenvalue weighted by molar-refractivity contribution is -0.142. The summed E-state index contributed by atoms with van der Waals surface area (Å²) in [5.41, 5.74) is 0. The van der Waals surface area contributed by atoms with E-state index >= 15 is 0 Å². The third kappa shape index (κ3) is 5.14. The van der Waals surface area contributed by atoms with Crippen molar-refractivity contribution in [1.29, 1.82) is 0 Å². The number of aliphatic hydroxyl groups excluding tert-OH is 1. The number of rotatable bonds is 7. The molecule has 0 radical (unpaired) electrons. The molecule has 0 aromatic heterocycles.